The molecule has 0 bridgehead atoms. The Morgan fingerprint density at radius 3 is 1.09 bits per heavy atom. The number of aromatic nitrogens is 4. The van der Waals surface area contributed by atoms with E-state index < -0.39 is 0 Å². The van der Waals surface area contributed by atoms with Gasteiger partial charge in [0.2, 0.25) is 0 Å². The lowest BCUT2D eigenvalue weighted by Gasteiger charge is -1.98. The predicted octanol–water partition coefficient (Wildman–Crippen LogP) is 18.3. The highest BCUT2D eigenvalue weighted by Gasteiger charge is 2.29. The van der Waals surface area contributed by atoms with Crippen LogP contribution in [0.3, 0.4) is 0 Å². The van der Waals surface area contributed by atoms with Gasteiger partial charge in [-0.25, -0.2) is 0 Å². The second kappa shape index (κ2) is 12.1. The van der Waals surface area contributed by atoms with E-state index in [-0.39, 0.29) is 0 Å². The number of benzene rings is 2. The first kappa shape index (κ1) is 37.6. The highest BCUT2D eigenvalue weighted by molar-refractivity contribution is 7.34. The van der Waals surface area contributed by atoms with E-state index in [0.29, 0.717) is 0 Å². The zero-order valence-electron chi connectivity index (χ0n) is 37.3. The van der Waals surface area contributed by atoms with E-state index >= 15 is 0 Å². The first-order valence-corrected chi connectivity index (χ1v) is 27.0. The van der Waals surface area contributed by atoms with Crippen LogP contribution in [0.4, 0.5) is 0 Å². The third kappa shape index (κ3) is 4.32. The van der Waals surface area contributed by atoms with Crippen molar-refractivity contribution in [3.05, 3.63) is 68.0 Å². The SMILES string of the molecule is Cc1cc2c(s1)c1oc3c4cc5oc6c(oc7c8sc(C)cc8n(C)c67)c5cc4oc3c1n2C.Cc1cc2sc3c4oc5cc6c(cc5c4n(C)c3c2s1)oc1c2sc3cc(C)sc3c2n(C)c61. The molecule has 10 nitrogen and oxygen atoms in total. The Morgan fingerprint density at radius 2 is 0.647 bits per heavy atom. The van der Waals surface area contributed by atoms with E-state index in [2.05, 4.69) is 111 Å². The van der Waals surface area contributed by atoms with Gasteiger partial charge in [-0.2, -0.15) is 0 Å². The van der Waals surface area contributed by atoms with Crippen LogP contribution in [0.1, 0.15) is 19.5 Å². The van der Waals surface area contributed by atoms with Crippen LogP contribution in [0.25, 0.3) is 170 Å². The lowest BCUT2D eigenvalue weighted by Crippen LogP contribution is -1.86. The van der Waals surface area contributed by atoms with Gasteiger partial charge in [-0.1, -0.05) is 0 Å². The summed E-state index contributed by atoms with van der Waals surface area (Å²) in [4.78, 5) is 5.24. The summed E-state index contributed by atoms with van der Waals surface area (Å²) in [6.07, 6.45) is 0. The molecule has 18 rings (SSSR count). The second-order valence-electron chi connectivity index (χ2n) is 18.4. The van der Waals surface area contributed by atoms with E-state index in [4.69, 9.17) is 26.5 Å². The molecule has 0 aliphatic rings. The van der Waals surface area contributed by atoms with E-state index in [1.54, 1.807) is 22.7 Å². The van der Waals surface area contributed by atoms with Crippen molar-refractivity contribution in [2.75, 3.05) is 0 Å². The molecule has 332 valence electrons. The summed E-state index contributed by atoms with van der Waals surface area (Å²) >= 11 is 10.9. The van der Waals surface area contributed by atoms with Gasteiger partial charge in [0.1, 0.15) is 33.4 Å². The maximum Gasteiger partial charge on any atom is 0.198 e. The Bertz CT molecular complexity index is 5000. The zero-order valence-corrected chi connectivity index (χ0v) is 42.2. The largest absolute Gasteiger partial charge is 0.453 e. The summed E-state index contributed by atoms with van der Waals surface area (Å²) in [5.41, 5.74) is 19.4. The highest BCUT2D eigenvalue weighted by atomic mass is 32.1. The minimum absolute atomic E-state index is 0.762. The molecule has 0 amide bonds. The number of rotatable bonds is 0. The molecule has 0 saturated carbocycles. The summed E-state index contributed by atoms with van der Waals surface area (Å²) in [5, 5.41) is 4.06. The number of nitrogens with zero attached hydrogens (tertiary/aromatic N) is 4. The first-order valence-electron chi connectivity index (χ1n) is 22.1. The van der Waals surface area contributed by atoms with Crippen molar-refractivity contribution in [2.24, 2.45) is 28.2 Å². The van der Waals surface area contributed by atoms with Crippen molar-refractivity contribution >= 4 is 238 Å². The fourth-order valence-corrected chi connectivity index (χ4v) is 18.6. The maximum absolute atomic E-state index is 6.56. The predicted molar refractivity (Wildman–Crippen MR) is 289 cm³/mol. The molecule has 68 heavy (non-hydrogen) atoms. The molecule has 0 radical (unpaired) electrons. The van der Waals surface area contributed by atoms with Crippen LogP contribution < -0.4 is 0 Å². The average molecular weight is 1000 g/mol. The second-order valence-corrected chi connectivity index (χ2v) is 25.5. The van der Waals surface area contributed by atoms with Crippen LogP contribution in [0.15, 0.2) is 75.0 Å². The molecule has 0 aliphatic heterocycles. The van der Waals surface area contributed by atoms with Crippen molar-refractivity contribution in [3.63, 3.8) is 0 Å². The van der Waals surface area contributed by atoms with Gasteiger partial charge in [0.15, 0.2) is 44.7 Å². The lowest BCUT2D eigenvalue weighted by atomic mass is 10.2. The average Bonchev–Trinajstić information content (AvgIpc) is 4.11. The van der Waals surface area contributed by atoms with E-state index in [1.807, 2.05) is 57.5 Å². The molecule has 16 heterocycles. The number of hydrogen-bond acceptors (Lipinski definition) is 12. The van der Waals surface area contributed by atoms with Crippen molar-refractivity contribution in [1.29, 1.82) is 0 Å². The molecule has 18 aromatic rings. The summed E-state index contributed by atoms with van der Waals surface area (Å²) in [5.74, 6) is 0. The Labute approximate surface area is 404 Å². The summed E-state index contributed by atoms with van der Waals surface area (Å²) < 4.78 is 57.9. The fourth-order valence-electron chi connectivity index (χ4n) is 11.4. The van der Waals surface area contributed by atoms with Crippen molar-refractivity contribution < 1.29 is 26.5 Å². The summed E-state index contributed by atoms with van der Waals surface area (Å²) in [6, 6.07) is 17.4. The normalized spacial score (nSPS) is 13.3. The number of thiophene rings is 6. The Kier molecular flexibility index (Phi) is 6.66. The van der Waals surface area contributed by atoms with Gasteiger partial charge in [0.05, 0.1) is 72.1 Å². The van der Waals surface area contributed by atoms with Gasteiger partial charge in [-0.05, 0) is 76.2 Å². The molecule has 16 heteroatoms. The fraction of sp³-hybridized carbons (Fsp3) is 0.154. The summed E-state index contributed by atoms with van der Waals surface area (Å²) in [6.45, 7) is 8.60. The first-order chi connectivity index (χ1) is 32.9. The number of hydrogen-bond donors (Lipinski definition) is 0. The maximum atomic E-state index is 6.56. The molecule has 0 saturated heterocycles. The number of aryl methyl sites for hydroxylation is 8. The molecule has 0 fully saturated rings. The molecule has 16 aromatic heterocycles. The minimum Gasteiger partial charge on any atom is -0.453 e. The van der Waals surface area contributed by atoms with E-state index in [1.165, 1.54) is 69.8 Å². The topological polar surface area (TPSA) is 98.6 Å². The van der Waals surface area contributed by atoms with Gasteiger partial charge in [-0.3, -0.25) is 0 Å². The standard InChI is InChI=1S/C26H16N2O4S2.C26H16N2O2S4/c1-9-5-13-25(33-9)23-17(27(13)3)21-19(31-23)11-7-16-12(8-15(11)29-21)20-22(30-16)18-24(32-20)26-14(28(18)4)6-10(2)34-26;1-9-5-15-23(31-9)19-25(33-15)21-17(27(19)3)11-7-14-12(8-13(11)29-21)18-22(30-14)26-20(28(18)4)24-16(34-26)6-10(2)32-24/h2*5-8H,1-4H3. The molecule has 0 atom stereocenters. The lowest BCUT2D eigenvalue weighted by molar-refractivity contribution is 0.654. The van der Waals surface area contributed by atoms with Crippen molar-refractivity contribution in [3.8, 4) is 0 Å². The van der Waals surface area contributed by atoms with E-state index in [0.717, 1.165) is 120 Å². The highest BCUT2D eigenvalue weighted by Crippen LogP contribution is 2.51. The minimum atomic E-state index is 0.762. The van der Waals surface area contributed by atoms with E-state index in [9.17, 15) is 0 Å². The van der Waals surface area contributed by atoms with Gasteiger partial charge >= 0.3 is 0 Å². The number of fused-ring (bicyclic) bond motifs is 28. The smallest absolute Gasteiger partial charge is 0.198 e. The third-order valence-corrected chi connectivity index (χ3v) is 21.0. The Morgan fingerprint density at radius 1 is 0.294 bits per heavy atom. The van der Waals surface area contributed by atoms with Gasteiger partial charge < -0.3 is 44.8 Å². The molecule has 0 aliphatic carbocycles. The molecular weight excluding hydrogens is 969 g/mol. The number of furan rings is 6. The third-order valence-electron chi connectivity index (χ3n) is 14.3. The monoisotopic (exact) mass is 1000 g/mol. The molecule has 0 unspecified atom stereocenters. The van der Waals surface area contributed by atoms with Crippen LogP contribution >= 0.6 is 68.0 Å². The molecular formula is C52H32N4O6S6. The van der Waals surface area contributed by atoms with Crippen molar-refractivity contribution in [1.82, 2.24) is 18.3 Å². The molecule has 2 aromatic carbocycles. The van der Waals surface area contributed by atoms with Crippen LogP contribution in [0.2, 0.25) is 0 Å². The quantitative estimate of drug-likeness (QED) is 0.150. The van der Waals surface area contributed by atoms with Crippen LogP contribution in [-0.4, -0.2) is 18.3 Å². The summed E-state index contributed by atoms with van der Waals surface area (Å²) in [7, 11) is 8.45. The van der Waals surface area contributed by atoms with Gasteiger partial charge in [0.25, 0.3) is 0 Å². The Hall–Kier alpha value is -6.40. The Balaban J connectivity index is 0.000000115. The van der Waals surface area contributed by atoms with Crippen LogP contribution in [-0.2, 0) is 28.2 Å². The zero-order chi connectivity index (χ0) is 45.2. The molecule has 0 spiro atoms. The molecule has 0 N–H and O–H groups in total. The van der Waals surface area contributed by atoms with Crippen LogP contribution in [0, 0.1) is 27.7 Å². The van der Waals surface area contributed by atoms with Gasteiger partial charge in [0, 0.05) is 67.9 Å². The van der Waals surface area contributed by atoms with Crippen molar-refractivity contribution in [2.45, 2.75) is 27.7 Å². The van der Waals surface area contributed by atoms with Crippen LogP contribution in [0.5, 0.6) is 0 Å². The van der Waals surface area contributed by atoms with Gasteiger partial charge in [-0.15, -0.1) is 68.0 Å².